The van der Waals surface area contributed by atoms with E-state index in [2.05, 4.69) is 20.3 Å². The van der Waals surface area contributed by atoms with E-state index in [1.807, 2.05) is 12.1 Å². The molecule has 1 amide bonds. The molecule has 2 heterocycles. The van der Waals surface area contributed by atoms with Gasteiger partial charge in [-0.25, -0.2) is 14.4 Å². The summed E-state index contributed by atoms with van der Waals surface area (Å²) in [6.07, 6.45) is 1.49. The van der Waals surface area contributed by atoms with Gasteiger partial charge in [-0.15, -0.1) is 0 Å². The van der Waals surface area contributed by atoms with Crippen LogP contribution in [0.25, 0.3) is 22.6 Å². The SMILES string of the molecule is N#Cc1nc(-c2c(F)cccc2Cl)[nH]c1-c1ccc(NC(=O)c2ccccc2)nc1. The van der Waals surface area contributed by atoms with Crippen molar-refractivity contribution in [3.8, 4) is 28.7 Å². The molecule has 0 fully saturated rings. The Kier molecular flexibility index (Phi) is 5.24. The van der Waals surface area contributed by atoms with E-state index in [0.717, 1.165) is 0 Å². The normalized spacial score (nSPS) is 10.4. The van der Waals surface area contributed by atoms with Gasteiger partial charge in [0, 0.05) is 17.3 Å². The molecule has 4 rings (SSSR count). The van der Waals surface area contributed by atoms with Crippen LogP contribution in [0.1, 0.15) is 16.1 Å². The fourth-order valence-electron chi connectivity index (χ4n) is 2.90. The Labute approximate surface area is 176 Å². The molecule has 0 spiro atoms. The molecule has 0 saturated carbocycles. The summed E-state index contributed by atoms with van der Waals surface area (Å²) >= 11 is 6.10. The number of pyridine rings is 1. The minimum atomic E-state index is -0.551. The second-order valence-electron chi connectivity index (χ2n) is 6.27. The van der Waals surface area contributed by atoms with Gasteiger partial charge in [-0.05, 0) is 36.4 Å². The summed E-state index contributed by atoms with van der Waals surface area (Å²) in [5.74, 6) is -0.343. The highest BCUT2D eigenvalue weighted by Crippen LogP contribution is 2.31. The fourth-order valence-corrected chi connectivity index (χ4v) is 3.15. The number of nitrogens with zero attached hydrogens (tertiary/aromatic N) is 3. The second kappa shape index (κ2) is 8.15. The number of benzene rings is 2. The molecule has 4 aromatic rings. The van der Waals surface area contributed by atoms with E-state index < -0.39 is 5.82 Å². The Hall–Kier alpha value is -4.02. The predicted molar refractivity (Wildman–Crippen MR) is 111 cm³/mol. The molecule has 2 aromatic carbocycles. The van der Waals surface area contributed by atoms with Crippen molar-refractivity contribution in [3.63, 3.8) is 0 Å². The molecule has 0 aliphatic heterocycles. The summed E-state index contributed by atoms with van der Waals surface area (Å²) in [6, 6.07) is 18.3. The highest BCUT2D eigenvalue weighted by atomic mass is 35.5. The van der Waals surface area contributed by atoms with Gasteiger partial charge in [-0.1, -0.05) is 35.9 Å². The molecule has 0 aliphatic rings. The van der Waals surface area contributed by atoms with Crippen LogP contribution in [0.5, 0.6) is 0 Å². The van der Waals surface area contributed by atoms with Crippen LogP contribution in [-0.4, -0.2) is 20.9 Å². The van der Waals surface area contributed by atoms with Gasteiger partial charge in [0.25, 0.3) is 5.91 Å². The van der Waals surface area contributed by atoms with Gasteiger partial charge in [0.2, 0.25) is 0 Å². The Balaban J connectivity index is 1.63. The third-order valence-electron chi connectivity index (χ3n) is 4.34. The number of hydrogen-bond acceptors (Lipinski definition) is 4. The van der Waals surface area contributed by atoms with Crippen molar-refractivity contribution < 1.29 is 9.18 Å². The van der Waals surface area contributed by atoms with Gasteiger partial charge in [-0.2, -0.15) is 5.26 Å². The summed E-state index contributed by atoms with van der Waals surface area (Å²) in [7, 11) is 0. The summed E-state index contributed by atoms with van der Waals surface area (Å²) in [4.78, 5) is 23.6. The molecular formula is C22H13ClFN5O. The predicted octanol–water partition coefficient (Wildman–Crippen LogP) is 5.06. The van der Waals surface area contributed by atoms with E-state index >= 15 is 0 Å². The number of amides is 1. The molecule has 0 atom stereocenters. The average molecular weight is 418 g/mol. The van der Waals surface area contributed by atoms with Gasteiger partial charge in [0.05, 0.1) is 16.3 Å². The van der Waals surface area contributed by atoms with E-state index in [9.17, 15) is 14.4 Å². The van der Waals surface area contributed by atoms with Gasteiger partial charge in [0.1, 0.15) is 23.5 Å². The zero-order chi connectivity index (χ0) is 21.1. The number of nitriles is 1. The Morgan fingerprint density at radius 2 is 1.90 bits per heavy atom. The first-order chi connectivity index (χ1) is 14.6. The van der Waals surface area contributed by atoms with Crippen LogP contribution >= 0.6 is 11.6 Å². The number of hydrogen-bond donors (Lipinski definition) is 2. The van der Waals surface area contributed by atoms with E-state index in [1.54, 1.807) is 42.5 Å². The smallest absolute Gasteiger partial charge is 0.256 e. The van der Waals surface area contributed by atoms with Crippen LogP contribution in [0.3, 0.4) is 0 Å². The van der Waals surface area contributed by atoms with Gasteiger partial charge in [-0.3, -0.25) is 4.79 Å². The first kappa shape index (κ1) is 19.3. The molecular weight excluding hydrogens is 405 g/mol. The summed E-state index contributed by atoms with van der Waals surface area (Å²) < 4.78 is 14.2. The second-order valence-corrected chi connectivity index (χ2v) is 6.68. The number of carbonyl (C=O) groups is 1. The molecule has 2 N–H and O–H groups in total. The van der Waals surface area contributed by atoms with Crippen molar-refractivity contribution in [2.45, 2.75) is 0 Å². The Bertz CT molecular complexity index is 1240. The molecule has 0 saturated heterocycles. The van der Waals surface area contributed by atoms with Crippen molar-refractivity contribution in [1.82, 2.24) is 15.0 Å². The Morgan fingerprint density at radius 3 is 2.57 bits per heavy atom. The molecule has 8 heteroatoms. The maximum absolute atomic E-state index is 14.2. The molecule has 2 aromatic heterocycles. The number of carbonyl (C=O) groups excluding carboxylic acids is 1. The third-order valence-corrected chi connectivity index (χ3v) is 4.65. The lowest BCUT2D eigenvalue weighted by Crippen LogP contribution is -2.12. The first-order valence-corrected chi connectivity index (χ1v) is 9.22. The highest BCUT2D eigenvalue weighted by molar-refractivity contribution is 6.33. The molecule has 146 valence electrons. The number of nitrogens with one attached hydrogen (secondary N) is 2. The summed E-state index contributed by atoms with van der Waals surface area (Å²) in [6.45, 7) is 0. The van der Waals surface area contributed by atoms with Crippen molar-refractivity contribution >= 4 is 23.3 Å². The quantitative estimate of drug-likeness (QED) is 0.485. The number of rotatable bonds is 4. The van der Waals surface area contributed by atoms with Crippen molar-refractivity contribution in [2.24, 2.45) is 0 Å². The van der Waals surface area contributed by atoms with E-state index in [1.165, 1.54) is 18.3 Å². The van der Waals surface area contributed by atoms with E-state index in [4.69, 9.17) is 11.6 Å². The van der Waals surface area contributed by atoms with Crippen LogP contribution in [0, 0.1) is 17.1 Å². The molecule has 0 unspecified atom stereocenters. The standard InChI is InChI=1S/C22H13ClFN5O/c23-15-7-4-8-16(24)19(15)21-27-17(11-25)20(29-21)14-9-10-18(26-12-14)28-22(30)13-5-2-1-3-6-13/h1-10,12H,(H,27,29)(H,26,28,30). The third kappa shape index (κ3) is 3.77. The molecule has 0 bridgehead atoms. The number of aromatic nitrogens is 3. The number of aromatic amines is 1. The molecule has 6 nitrogen and oxygen atoms in total. The molecule has 0 radical (unpaired) electrons. The van der Waals surface area contributed by atoms with Crippen molar-refractivity contribution in [2.75, 3.05) is 5.32 Å². The largest absolute Gasteiger partial charge is 0.337 e. The van der Waals surface area contributed by atoms with E-state index in [0.29, 0.717) is 22.6 Å². The van der Waals surface area contributed by atoms with Crippen LogP contribution < -0.4 is 5.32 Å². The zero-order valence-corrected chi connectivity index (χ0v) is 16.1. The first-order valence-electron chi connectivity index (χ1n) is 8.84. The monoisotopic (exact) mass is 417 g/mol. The zero-order valence-electron chi connectivity index (χ0n) is 15.4. The van der Waals surface area contributed by atoms with Gasteiger partial charge < -0.3 is 10.3 Å². The number of imidazole rings is 1. The highest BCUT2D eigenvalue weighted by Gasteiger charge is 2.18. The Morgan fingerprint density at radius 1 is 1.10 bits per heavy atom. The van der Waals surface area contributed by atoms with E-state index in [-0.39, 0.29) is 28.0 Å². The lowest BCUT2D eigenvalue weighted by atomic mass is 10.1. The number of anilines is 1. The minimum Gasteiger partial charge on any atom is -0.337 e. The van der Waals surface area contributed by atoms with Crippen molar-refractivity contribution in [1.29, 1.82) is 5.26 Å². The van der Waals surface area contributed by atoms with Crippen LogP contribution in [0.15, 0.2) is 66.9 Å². The fraction of sp³-hybridized carbons (Fsp3) is 0. The summed E-state index contributed by atoms with van der Waals surface area (Å²) in [5, 5.41) is 12.3. The minimum absolute atomic E-state index is 0.0761. The number of H-pyrrole nitrogens is 1. The van der Waals surface area contributed by atoms with Gasteiger partial charge >= 0.3 is 0 Å². The van der Waals surface area contributed by atoms with Crippen LogP contribution in [0.2, 0.25) is 5.02 Å². The van der Waals surface area contributed by atoms with Crippen LogP contribution in [-0.2, 0) is 0 Å². The lowest BCUT2D eigenvalue weighted by Gasteiger charge is -2.05. The van der Waals surface area contributed by atoms with Crippen molar-refractivity contribution in [3.05, 3.63) is 89.0 Å². The van der Waals surface area contributed by atoms with Gasteiger partial charge in [0.15, 0.2) is 5.69 Å². The average Bonchev–Trinajstić information content (AvgIpc) is 3.19. The maximum Gasteiger partial charge on any atom is 0.256 e. The van der Waals surface area contributed by atoms with Crippen LogP contribution in [0.4, 0.5) is 10.2 Å². The lowest BCUT2D eigenvalue weighted by molar-refractivity contribution is 0.102. The number of halogens is 2. The molecule has 30 heavy (non-hydrogen) atoms. The molecule has 0 aliphatic carbocycles. The summed E-state index contributed by atoms with van der Waals surface area (Å²) in [5.41, 5.74) is 1.60. The topological polar surface area (TPSA) is 94.5 Å². The maximum atomic E-state index is 14.2.